The number of ether oxygens (including phenoxy) is 1. The van der Waals surface area contributed by atoms with Gasteiger partial charge in [0.25, 0.3) is 0 Å². The lowest BCUT2D eigenvalue weighted by molar-refractivity contribution is -0.126. The van der Waals surface area contributed by atoms with Crippen molar-refractivity contribution in [1.82, 2.24) is 15.5 Å². The molecule has 0 bridgehead atoms. The highest BCUT2D eigenvalue weighted by Gasteiger charge is 2.30. The van der Waals surface area contributed by atoms with Crippen LogP contribution in [-0.2, 0) is 11.3 Å². The number of benzene rings is 1. The van der Waals surface area contributed by atoms with E-state index in [1.165, 1.54) is 0 Å². The van der Waals surface area contributed by atoms with Gasteiger partial charge in [0.2, 0.25) is 5.91 Å². The van der Waals surface area contributed by atoms with E-state index in [1.807, 2.05) is 29.2 Å². The van der Waals surface area contributed by atoms with Crippen molar-refractivity contribution in [3.8, 4) is 5.75 Å². The number of amides is 3. The van der Waals surface area contributed by atoms with Crippen LogP contribution >= 0.6 is 0 Å². The van der Waals surface area contributed by atoms with Crippen molar-refractivity contribution in [1.29, 1.82) is 0 Å². The average molecular weight is 331 g/mol. The third-order valence-corrected chi connectivity index (χ3v) is 4.70. The smallest absolute Gasteiger partial charge is 0.317 e. The van der Waals surface area contributed by atoms with Gasteiger partial charge in [0.05, 0.1) is 7.11 Å². The Hall–Kier alpha value is -2.24. The van der Waals surface area contributed by atoms with E-state index in [1.54, 1.807) is 7.11 Å². The number of para-hydroxylation sites is 1. The Morgan fingerprint density at radius 3 is 2.54 bits per heavy atom. The summed E-state index contributed by atoms with van der Waals surface area (Å²) < 4.78 is 5.30. The van der Waals surface area contributed by atoms with Gasteiger partial charge < -0.3 is 20.3 Å². The molecule has 0 atom stereocenters. The van der Waals surface area contributed by atoms with Crippen LogP contribution in [0.25, 0.3) is 0 Å². The standard InChI is InChI=1S/C18H25N3O3/c1-24-16-5-3-2-4-14(16)12-19-17(22)13-8-10-21(11-9-13)18(23)20-15-6-7-15/h2-5,13,15H,6-12H2,1H3,(H,19,22)(H,20,23). The van der Waals surface area contributed by atoms with Crippen LogP contribution in [0.5, 0.6) is 5.75 Å². The van der Waals surface area contributed by atoms with E-state index in [0.717, 1.165) is 37.0 Å². The number of likely N-dealkylation sites (tertiary alicyclic amines) is 1. The number of piperidine rings is 1. The Kier molecular flexibility index (Phi) is 5.23. The molecule has 1 aromatic rings. The first-order valence-electron chi connectivity index (χ1n) is 8.62. The topological polar surface area (TPSA) is 70.7 Å². The molecule has 1 saturated heterocycles. The predicted molar refractivity (Wildman–Crippen MR) is 90.7 cm³/mol. The molecule has 0 unspecified atom stereocenters. The summed E-state index contributed by atoms with van der Waals surface area (Å²) in [5.74, 6) is 0.817. The van der Waals surface area contributed by atoms with Gasteiger partial charge in [0.15, 0.2) is 0 Å². The van der Waals surface area contributed by atoms with Crippen LogP contribution in [0.2, 0.25) is 0 Å². The van der Waals surface area contributed by atoms with Gasteiger partial charge in [-0.25, -0.2) is 4.79 Å². The molecule has 3 rings (SSSR count). The van der Waals surface area contributed by atoms with Crippen molar-refractivity contribution in [2.75, 3.05) is 20.2 Å². The zero-order valence-electron chi connectivity index (χ0n) is 14.1. The number of urea groups is 1. The summed E-state index contributed by atoms with van der Waals surface area (Å²) >= 11 is 0. The third kappa shape index (κ3) is 4.19. The Balaban J connectivity index is 1.44. The lowest BCUT2D eigenvalue weighted by Gasteiger charge is -2.31. The molecule has 0 spiro atoms. The fourth-order valence-corrected chi connectivity index (χ4v) is 3.01. The normalized spacial score (nSPS) is 18.1. The van der Waals surface area contributed by atoms with Crippen LogP contribution in [0, 0.1) is 5.92 Å². The van der Waals surface area contributed by atoms with Gasteiger partial charge in [0, 0.05) is 37.2 Å². The molecule has 1 aromatic carbocycles. The number of hydrogen-bond donors (Lipinski definition) is 2. The van der Waals surface area contributed by atoms with Crippen LogP contribution in [0.4, 0.5) is 4.79 Å². The maximum absolute atomic E-state index is 12.4. The summed E-state index contributed by atoms with van der Waals surface area (Å²) in [6.07, 6.45) is 3.62. The molecule has 6 heteroatoms. The van der Waals surface area contributed by atoms with Crippen molar-refractivity contribution < 1.29 is 14.3 Å². The second-order valence-electron chi connectivity index (χ2n) is 6.51. The van der Waals surface area contributed by atoms with Crippen LogP contribution < -0.4 is 15.4 Å². The quantitative estimate of drug-likeness (QED) is 0.866. The van der Waals surface area contributed by atoms with E-state index in [4.69, 9.17) is 4.74 Å². The molecular weight excluding hydrogens is 306 g/mol. The van der Waals surface area contributed by atoms with Crippen molar-refractivity contribution in [2.45, 2.75) is 38.3 Å². The van der Waals surface area contributed by atoms with Gasteiger partial charge in [0.1, 0.15) is 5.75 Å². The molecule has 130 valence electrons. The molecule has 2 aliphatic rings. The maximum Gasteiger partial charge on any atom is 0.317 e. The summed E-state index contributed by atoms with van der Waals surface area (Å²) in [4.78, 5) is 26.2. The fourth-order valence-electron chi connectivity index (χ4n) is 3.01. The van der Waals surface area contributed by atoms with Crippen LogP contribution in [-0.4, -0.2) is 43.1 Å². The molecule has 1 saturated carbocycles. The van der Waals surface area contributed by atoms with Crippen molar-refractivity contribution in [2.24, 2.45) is 5.92 Å². The van der Waals surface area contributed by atoms with E-state index < -0.39 is 0 Å². The molecule has 0 radical (unpaired) electrons. The largest absolute Gasteiger partial charge is 0.496 e. The van der Waals surface area contributed by atoms with Crippen LogP contribution in [0.15, 0.2) is 24.3 Å². The van der Waals surface area contributed by atoms with E-state index in [2.05, 4.69) is 10.6 Å². The van der Waals surface area contributed by atoms with E-state index >= 15 is 0 Å². The van der Waals surface area contributed by atoms with E-state index in [-0.39, 0.29) is 17.9 Å². The zero-order valence-corrected chi connectivity index (χ0v) is 14.1. The summed E-state index contributed by atoms with van der Waals surface area (Å²) in [6.45, 7) is 1.75. The predicted octanol–water partition coefficient (Wildman–Crippen LogP) is 1.90. The minimum Gasteiger partial charge on any atom is -0.496 e. The monoisotopic (exact) mass is 331 g/mol. The van der Waals surface area contributed by atoms with Gasteiger partial charge >= 0.3 is 6.03 Å². The molecular formula is C18H25N3O3. The van der Waals surface area contributed by atoms with Crippen LogP contribution in [0.3, 0.4) is 0 Å². The number of rotatable bonds is 5. The van der Waals surface area contributed by atoms with E-state index in [9.17, 15) is 9.59 Å². The summed E-state index contributed by atoms with van der Waals surface area (Å²) in [5.41, 5.74) is 0.967. The highest BCUT2D eigenvalue weighted by Crippen LogP contribution is 2.22. The summed E-state index contributed by atoms with van der Waals surface area (Å²) in [5, 5.41) is 5.99. The maximum atomic E-state index is 12.4. The van der Waals surface area contributed by atoms with Gasteiger partial charge in [-0.2, -0.15) is 0 Å². The number of hydrogen-bond acceptors (Lipinski definition) is 3. The van der Waals surface area contributed by atoms with Gasteiger partial charge in [-0.15, -0.1) is 0 Å². The number of methoxy groups -OCH3 is 1. The Labute approximate surface area is 142 Å². The van der Waals surface area contributed by atoms with Crippen molar-refractivity contribution >= 4 is 11.9 Å². The molecule has 24 heavy (non-hydrogen) atoms. The van der Waals surface area contributed by atoms with Gasteiger partial charge in [-0.3, -0.25) is 4.79 Å². The average Bonchev–Trinajstić information content (AvgIpc) is 3.44. The molecule has 2 N–H and O–H groups in total. The minimum atomic E-state index is -0.0234. The second kappa shape index (κ2) is 7.55. The number of nitrogens with zero attached hydrogens (tertiary/aromatic N) is 1. The lowest BCUT2D eigenvalue weighted by Crippen LogP contribution is -2.47. The van der Waals surface area contributed by atoms with Crippen LogP contribution in [0.1, 0.15) is 31.2 Å². The summed E-state index contributed by atoms with van der Waals surface area (Å²) in [7, 11) is 1.63. The first kappa shape index (κ1) is 16.6. The van der Waals surface area contributed by atoms with Gasteiger partial charge in [-0.05, 0) is 31.7 Å². The molecule has 6 nitrogen and oxygen atoms in total. The Morgan fingerprint density at radius 1 is 1.17 bits per heavy atom. The van der Waals surface area contributed by atoms with Crippen molar-refractivity contribution in [3.63, 3.8) is 0 Å². The Bertz CT molecular complexity index is 593. The summed E-state index contributed by atoms with van der Waals surface area (Å²) in [6, 6.07) is 8.07. The zero-order chi connectivity index (χ0) is 16.9. The van der Waals surface area contributed by atoms with Gasteiger partial charge in [-0.1, -0.05) is 18.2 Å². The SMILES string of the molecule is COc1ccccc1CNC(=O)C1CCN(C(=O)NC2CC2)CC1. The molecule has 1 heterocycles. The first-order valence-corrected chi connectivity index (χ1v) is 8.62. The molecule has 3 amide bonds. The molecule has 2 fully saturated rings. The number of carbonyl (C=O) groups excluding carboxylic acids is 2. The first-order chi connectivity index (χ1) is 11.7. The molecule has 1 aliphatic carbocycles. The number of carbonyl (C=O) groups is 2. The number of nitrogens with one attached hydrogen (secondary N) is 2. The lowest BCUT2D eigenvalue weighted by atomic mass is 9.96. The molecule has 0 aromatic heterocycles. The second-order valence-corrected chi connectivity index (χ2v) is 6.51. The highest BCUT2D eigenvalue weighted by atomic mass is 16.5. The van der Waals surface area contributed by atoms with Crippen molar-refractivity contribution in [3.05, 3.63) is 29.8 Å². The Morgan fingerprint density at radius 2 is 1.88 bits per heavy atom. The van der Waals surface area contributed by atoms with E-state index in [0.29, 0.717) is 25.7 Å². The highest BCUT2D eigenvalue weighted by molar-refractivity contribution is 5.79. The minimum absolute atomic E-state index is 0.0189. The third-order valence-electron chi connectivity index (χ3n) is 4.70. The molecule has 1 aliphatic heterocycles. The fraction of sp³-hybridized carbons (Fsp3) is 0.556.